The highest BCUT2D eigenvalue weighted by Gasteiger charge is 2.29. The van der Waals surface area contributed by atoms with Crippen molar-refractivity contribution in [3.63, 3.8) is 0 Å². The van der Waals surface area contributed by atoms with E-state index in [1.54, 1.807) is 4.90 Å². The Morgan fingerprint density at radius 1 is 1.29 bits per heavy atom. The summed E-state index contributed by atoms with van der Waals surface area (Å²) in [7, 11) is 0. The summed E-state index contributed by atoms with van der Waals surface area (Å²) in [5, 5.41) is 3.58. The van der Waals surface area contributed by atoms with Gasteiger partial charge in [-0.25, -0.2) is 4.79 Å². The van der Waals surface area contributed by atoms with E-state index >= 15 is 0 Å². The fraction of sp³-hybridized carbons (Fsp3) is 0.588. The predicted octanol–water partition coefficient (Wildman–Crippen LogP) is 3.72. The molecule has 116 valence electrons. The zero-order valence-electron chi connectivity index (χ0n) is 13.7. The molecular weight excluding hydrogens is 264 g/mol. The molecule has 0 spiro atoms. The van der Waals surface area contributed by atoms with Crippen LogP contribution in [0.25, 0.3) is 0 Å². The molecule has 1 aliphatic heterocycles. The lowest BCUT2D eigenvalue weighted by Gasteiger charge is -2.24. The second-order valence-electron chi connectivity index (χ2n) is 6.82. The number of amides is 1. The molecule has 21 heavy (non-hydrogen) atoms. The lowest BCUT2D eigenvalue weighted by atomic mass is 10.1. The molecular formula is C17H26N2O2. The van der Waals surface area contributed by atoms with Crippen LogP contribution in [0.4, 0.5) is 10.5 Å². The first-order valence-corrected chi connectivity index (χ1v) is 7.57. The molecule has 1 atom stereocenters. The van der Waals surface area contributed by atoms with Crippen molar-refractivity contribution in [1.29, 1.82) is 0 Å². The molecule has 1 fully saturated rings. The second-order valence-corrected chi connectivity index (χ2v) is 6.82. The van der Waals surface area contributed by atoms with Gasteiger partial charge in [-0.1, -0.05) is 18.2 Å². The van der Waals surface area contributed by atoms with E-state index in [4.69, 9.17) is 4.74 Å². The molecule has 0 saturated carbocycles. The molecule has 1 aliphatic rings. The molecule has 1 heterocycles. The number of carbonyl (C=O) groups excluding carboxylic acids is 1. The van der Waals surface area contributed by atoms with E-state index < -0.39 is 5.60 Å². The minimum absolute atomic E-state index is 0.215. The largest absolute Gasteiger partial charge is 0.444 e. The Bertz CT molecular complexity index is 500. The number of para-hydroxylation sites is 1. The zero-order valence-corrected chi connectivity index (χ0v) is 13.7. The maximum Gasteiger partial charge on any atom is 0.410 e. The van der Waals surface area contributed by atoms with E-state index in [9.17, 15) is 4.79 Å². The van der Waals surface area contributed by atoms with Crippen molar-refractivity contribution in [2.75, 3.05) is 18.4 Å². The molecule has 4 heteroatoms. The van der Waals surface area contributed by atoms with E-state index in [1.165, 1.54) is 16.8 Å². The number of aryl methyl sites for hydroxylation is 2. The van der Waals surface area contributed by atoms with Crippen LogP contribution in [0.2, 0.25) is 0 Å². The van der Waals surface area contributed by atoms with Gasteiger partial charge in [0, 0.05) is 24.8 Å². The maximum atomic E-state index is 12.1. The molecule has 0 aromatic heterocycles. The summed E-state index contributed by atoms with van der Waals surface area (Å²) in [6, 6.07) is 6.57. The summed E-state index contributed by atoms with van der Waals surface area (Å²) < 4.78 is 5.43. The Morgan fingerprint density at radius 3 is 2.48 bits per heavy atom. The van der Waals surface area contributed by atoms with Crippen LogP contribution in [-0.2, 0) is 4.74 Å². The van der Waals surface area contributed by atoms with E-state index in [2.05, 4.69) is 37.4 Å². The van der Waals surface area contributed by atoms with Gasteiger partial charge in [0.05, 0.1) is 0 Å². The van der Waals surface area contributed by atoms with Gasteiger partial charge in [0.15, 0.2) is 0 Å². The van der Waals surface area contributed by atoms with Crippen LogP contribution in [0, 0.1) is 13.8 Å². The third kappa shape index (κ3) is 4.13. The van der Waals surface area contributed by atoms with Gasteiger partial charge in [-0.05, 0) is 52.2 Å². The van der Waals surface area contributed by atoms with Crippen molar-refractivity contribution in [3.8, 4) is 0 Å². The number of benzene rings is 1. The Labute approximate surface area is 127 Å². The van der Waals surface area contributed by atoms with Crippen LogP contribution in [-0.4, -0.2) is 35.7 Å². The molecule has 1 saturated heterocycles. The molecule has 1 aromatic rings. The zero-order chi connectivity index (χ0) is 15.6. The van der Waals surface area contributed by atoms with Gasteiger partial charge >= 0.3 is 6.09 Å². The standard InChI is InChI=1S/C17H26N2O2/c1-12-7-6-8-13(2)15(12)18-14-9-10-19(11-14)16(20)21-17(3,4)5/h6-8,14,18H,9-11H2,1-5H3. The summed E-state index contributed by atoms with van der Waals surface area (Å²) in [5.41, 5.74) is 3.24. The normalized spacial score (nSPS) is 18.7. The first-order valence-electron chi connectivity index (χ1n) is 7.57. The van der Waals surface area contributed by atoms with Gasteiger partial charge in [-0.15, -0.1) is 0 Å². The second kappa shape index (κ2) is 5.96. The van der Waals surface area contributed by atoms with Gasteiger partial charge in [-0.2, -0.15) is 0 Å². The van der Waals surface area contributed by atoms with Gasteiger partial charge in [0.1, 0.15) is 5.60 Å². The van der Waals surface area contributed by atoms with Crippen LogP contribution in [0.1, 0.15) is 38.3 Å². The number of hydrogen-bond acceptors (Lipinski definition) is 3. The molecule has 0 radical (unpaired) electrons. The Hall–Kier alpha value is -1.71. The molecule has 0 aliphatic carbocycles. The Morgan fingerprint density at radius 2 is 1.90 bits per heavy atom. The van der Waals surface area contributed by atoms with Crippen LogP contribution in [0.3, 0.4) is 0 Å². The fourth-order valence-corrected chi connectivity index (χ4v) is 2.62. The number of hydrogen-bond donors (Lipinski definition) is 1. The number of anilines is 1. The number of likely N-dealkylation sites (tertiary alicyclic amines) is 1. The minimum Gasteiger partial charge on any atom is -0.444 e. The highest BCUT2D eigenvalue weighted by Crippen LogP contribution is 2.23. The van der Waals surface area contributed by atoms with E-state index in [0.29, 0.717) is 6.54 Å². The van der Waals surface area contributed by atoms with Crippen LogP contribution >= 0.6 is 0 Å². The topological polar surface area (TPSA) is 41.6 Å². The van der Waals surface area contributed by atoms with Gasteiger partial charge in [0.2, 0.25) is 0 Å². The molecule has 1 amide bonds. The van der Waals surface area contributed by atoms with Gasteiger partial charge in [0.25, 0.3) is 0 Å². The quantitative estimate of drug-likeness (QED) is 0.902. The van der Waals surface area contributed by atoms with Crippen LogP contribution in [0.5, 0.6) is 0 Å². The molecule has 1 N–H and O–H groups in total. The third-order valence-electron chi connectivity index (χ3n) is 3.67. The highest BCUT2D eigenvalue weighted by atomic mass is 16.6. The van der Waals surface area contributed by atoms with E-state index in [1.807, 2.05) is 20.8 Å². The lowest BCUT2D eigenvalue weighted by Crippen LogP contribution is -2.36. The number of carbonyl (C=O) groups is 1. The number of nitrogens with zero attached hydrogens (tertiary/aromatic N) is 1. The van der Waals surface area contributed by atoms with Gasteiger partial charge in [-0.3, -0.25) is 0 Å². The number of nitrogens with one attached hydrogen (secondary N) is 1. The van der Waals surface area contributed by atoms with E-state index in [-0.39, 0.29) is 12.1 Å². The maximum absolute atomic E-state index is 12.1. The SMILES string of the molecule is Cc1cccc(C)c1NC1CCN(C(=O)OC(C)(C)C)C1. The average molecular weight is 290 g/mol. The van der Waals surface area contributed by atoms with Crippen LogP contribution in [0.15, 0.2) is 18.2 Å². The number of rotatable bonds is 2. The lowest BCUT2D eigenvalue weighted by molar-refractivity contribution is 0.0293. The third-order valence-corrected chi connectivity index (χ3v) is 3.67. The summed E-state index contributed by atoms with van der Waals surface area (Å²) in [4.78, 5) is 13.9. The van der Waals surface area contributed by atoms with Gasteiger partial charge < -0.3 is 15.0 Å². The molecule has 1 unspecified atom stereocenters. The summed E-state index contributed by atoms with van der Waals surface area (Å²) in [6.45, 7) is 11.3. The van der Waals surface area contributed by atoms with Crippen LogP contribution < -0.4 is 5.32 Å². The Balaban J connectivity index is 1.95. The molecule has 4 nitrogen and oxygen atoms in total. The molecule has 0 bridgehead atoms. The molecule has 1 aromatic carbocycles. The summed E-state index contributed by atoms with van der Waals surface area (Å²) >= 11 is 0. The molecule has 2 rings (SSSR count). The predicted molar refractivity (Wildman–Crippen MR) is 85.8 cm³/mol. The van der Waals surface area contributed by atoms with Crippen molar-refractivity contribution in [2.24, 2.45) is 0 Å². The first kappa shape index (κ1) is 15.7. The van der Waals surface area contributed by atoms with E-state index in [0.717, 1.165) is 13.0 Å². The first-order chi connectivity index (χ1) is 9.76. The smallest absolute Gasteiger partial charge is 0.410 e. The van der Waals surface area contributed by atoms with Crippen molar-refractivity contribution in [1.82, 2.24) is 4.90 Å². The van der Waals surface area contributed by atoms with Crippen molar-refractivity contribution >= 4 is 11.8 Å². The minimum atomic E-state index is -0.435. The van der Waals surface area contributed by atoms with Crippen molar-refractivity contribution in [3.05, 3.63) is 29.3 Å². The monoisotopic (exact) mass is 290 g/mol. The number of ether oxygens (including phenoxy) is 1. The average Bonchev–Trinajstić information content (AvgIpc) is 2.80. The van der Waals surface area contributed by atoms with Crippen molar-refractivity contribution in [2.45, 2.75) is 52.7 Å². The summed E-state index contributed by atoms with van der Waals surface area (Å²) in [6.07, 6.45) is 0.737. The summed E-state index contributed by atoms with van der Waals surface area (Å²) in [5.74, 6) is 0. The fourth-order valence-electron chi connectivity index (χ4n) is 2.62. The van der Waals surface area contributed by atoms with Crippen molar-refractivity contribution < 1.29 is 9.53 Å². The Kier molecular flexibility index (Phi) is 4.45. The highest BCUT2D eigenvalue weighted by molar-refractivity contribution is 5.69.